The van der Waals surface area contributed by atoms with Crippen LogP contribution in [0.4, 0.5) is 0 Å². The molecule has 0 spiro atoms. The van der Waals surface area contributed by atoms with Crippen LogP contribution in [0.1, 0.15) is 17.3 Å². The van der Waals surface area contributed by atoms with Gasteiger partial charge >= 0.3 is 5.97 Å². The van der Waals surface area contributed by atoms with E-state index in [2.05, 4.69) is 27.6 Å². The molecule has 0 aliphatic heterocycles. The molecule has 4 nitrogen and oxygen atoms in total. The van der Waals surface area contributed by atoms with Crippen LogP contribution in [0.25, 0.3) is 21.8 Å². The molecule has 0 bridgehead atoms. The van der Waals surface area contributed by atoms with Crippen molar-refractivity contribution in [1.82, 2.24) is 4.98 Å². The number of carbonyl (C=O) groups is 1. The maximum absolute atomic E-state index is 12.7. The Labute approximate surface area is 134 Å². The van der Waals surface area contributed by atoms with Crippen LogP contribution in [0.3, 0.4) is 0 Å². The summed E-state index contributed by atoms with van der Waals surface area (Å²) in [6.45, 7) is 2.05. The maximum atomic E-state index is 12.7. The van der Waals surface area contributed by atoms with Gasteiger partial charge < -0.3 is 9.72 Å². The highest BCUT2D eigenvalue weighted by molar-refractivity contribution is 14.1. The quantitative estimate of drug-likeness (QED) is 0.412. The van der Waals surface area contributed by atoms with Gasteiger partial charge in [0.25, 0.3) is 0 Å². The average molecular weight is 393 g/mol. The Morgan fingerprint density at radius 3 is 2.76 bits per heavy atom. The number of aromatic nitrogens is 1. The van der Waals surface area contributed by atoms with Crippen LogP contribution < -0.4 is 5.43 Å². The van der Waals surface area contributed by atoms with Gasteiger partial charge in [0.2, 0.25) is 0 Å². The van der Waals surface area contributed by atoms with Crippen LogP contribution in [0.5, 0.6) is 0 Å². The van der Waals surface area contributed by atoms with E-state index in [4.69, 9.17) is 4.74 Å². The summed E-state index contributed by atoms with van der Waals surface area (Å²) in [5.74, 6) is -0.426. The van der Waals surface area contributed by atoms with Crippen LogP contribution in [0.15, 0.2) is 41.2 Å². The lowest BCUT2D eigenvalue weighted by Crippen LogP contribution is -2.11. The standard InChI is InChI=1S/C16H12INO3/c1-2-21-16(20)10-7-8-11(17)13-14(10)18-12-6-4-3-5-9(12)15(13)19/h3-8H,2H2,1H3,(H,18,19). The molecule has 1 aromatic heterocycles. The number of hydrogen-bond donors (Lipinski definition) is 1. The minimum atomic E-state index is -0.426. The van der Waals surface area contributed by atoms with Crippen molar-refractivity contribution < 1.29 is 9.53 Å². The molecule has 5 heteroatoms. The molecular weight excluding hydrogens is 381 g/mol. The van der Waals surface area contributed by atoms with Crippen molar-refractivity contribution >= 4 is 50.4 Å². The number of fused-ring (bicyclic) bond motifs is 2. The SMILES string of the molecule is CCOC(=O)c1ccc(I)c2c(=O)c3ccccc3[nH]c12. The van der Waals surface area contributed by atoms with Crippen LogP contribution in [-0.2, 0) is 4.74 Å². The van der Waals surface area contributed by atoms with E-state index in [1.165, 1.54) is 0 Å². The van der Waals surface area contributed by atoms with Gasteiger partial charge in [-0.15, -0.1) is 0 Å². The predicted octanol–water partition coefficient (Wildman–Crippen LogP) is 3.46. The summed E-state index contributed by atoms with van der Waals surface area (Å²) in [7, 11) is 0. The van der Waals surface area contributed by atoms with Gasteiger partial charge in [0.05, 0.1) is 23.1 Å². The third-order valence-corrected chi connectivity index (χ3v) is 4.21. The number of halogens is 1. The lowest BCUT2D eigenvalue weighted by Gasteiger charge is -2.09. The Balaban J connectivity index is 2.46. The first-order valence-electron chi connectivity index (χ1n) is 6.54. The lowest BCUT2D eigenvalue weighted by atomic mass is 10.1. The Bertz CT molecular complexity index is 914. The first-order chi connectivity index (χ1) is 10.1. The summed E-state index contributed by atoms with van der Waals surface area (Å²) < 4.78 is 5.87. The number of ether oxygens (including phenoxy) is 1. The molecule has 3 rings (SSSR count). The second-order valence-corrected chi connectivity index (χ2v) is 5.73. The van der Waals surface area contributed by atoms with Crippen LogP contribution >= 0.6 is 22.6 Å². The maximum Gasteiger partial charge on any atom is 0.340 e. The first kappa shape index (κ1) is 14.1. The largest absolute Gasteiger partial charge is 0.462 e. The smallest absolute Gasteiger partial charge is 0.340 e. The van der Waals surface area contributed by atoms with Crippen molar-refractivity contribution in [1.29, 1.82) is 0 Å². The molecule has 1 heterocycles. The van der Waals surface area contributed by atoms with E-state index in [1.54, 1.807) is 25.1 Å². The molecule has 0 saturated carbocycles. The van der Waals surface area contributed by atoms with Gasteiger partial charge in [-0.3, -0.25) is 4.79 Å². The zero-order valence-corrected chi connectivity index (χ0v) is 13.4. The molecule has 0 saturated heterocycles. The number of hydrogen-bond acceptors (Lipinski definition) is 3. The summed E-state index contributed by atoms with van der Waals surface area (Å²) >= 11 is 2.11. The third-order valence-electron chi connectivity index (χ3n) is 3.31. The normalized spacial score (nSPS) is 11.0. The predicted molar refractivity (Wildman–Crippen MR) is 90.7 cm³/mol. The fraction of sp³-hybridized carbons (Fsp3) is 0.125. The highest BCUT2D eigenvalue weighted by Gasteiger charge is 2.16. The number of esters is 1. The summed E-state index contributed by atoms with van der Waals surface area (Å²) in [5.41, 5.74) is 1.55. The zero-order valence-electron chi connectivity index (χ0n) is 11.3. The number of nitrogens with one attached hydrogen (secondary N) is 1. The van der Waals surface area contributed by atoms with Gasteiger partial charge in [-0.05, 0) is 53.8 Å². The number of pyridine rings is 1. The Morgan fingerprint density at radius 1 is 1.24 bits per heavy atom. The number of benzene rings is 2. The van der Waals surface area contributed by atoms with Gasteiger partial charge in [0.1, 0.15) is 0 Å². The van der Waals surface area contributed by atoms with Crippen molar-refractivity contribution in [3.8, 4) is 0 Å². The third kappa shape index (κ3) is 2.31. The lowest BCUT2D eigenvalue weighted by molar-refractivity contribution is 0.0528. The monoisotopic (exact) mass is 393 g/mol. The van der Waals surface area contributed by atoms with Gasteiger partial charge in [0, 0.05) is 14.5 Å². The van der Waals surface area contributed by atoms with Crippen molar-refractivity contribution in [3.63, 3.8) is 0 Å². The van der Waals surface area contributed by atoms with Crippen molar-refractivity contribution in [2.24, 2.45) is 0 Å². The van der Waals surface area contributed by atoms with E-state index in [-0.39, 0.29) is 5.43 Å². The minimum Gasteiger partial charge on any atom is -0.462 e. The number of aromatic amines is 1. The molecule has 21 heavy (non-hydrogen) atoms. The average Bonchev–Trinajstić information content (AvgIpc) is 2.48. The van der Waals surface area contributed by atoms with Crippen molar-refractivity contribution in [2.45, 2.75) is 6.92 Å². The van der Waals surface area contributed by atoms with E-state index < -0.39 is 5.97 Å². The molecular formula is C16H12INO3. The summed E-state index contributed by atoms with van der Waals surface area (Å²) in [5, 5.41) is 1.14. The first-order valence-corrected chi connectivity index (χ1v) is 7.61. The molecule has 2 aromatic carbocycles. The zero-order chi connectivity index (χ0) is 15.0. The van der Waals surface area contributed by atoms with Crippen molar-refractivity contribution in [3.05, 3.63) is 55.8 Å². The summed E-state index contributed by atoms with van der Waals surface area (Å²) in [4.78, 5) is 27.9. The van der Waals surface area contributed by atoms with E-state index in [0.29, 0.717) is 34.0 Å². The Kier molecular flexibility index (Phi) is 3.67. The van der Waals surface area contributed by atoms with E-state index in [9.17, 15) is 9.59 Å². The van der Waals surface area contributed by atoms with E-state index >= 15 is 0 Å². The highest BCUT2D eigenvalue weighted by Crippen LogP contribution is 2.23. The summed E-state index contributed by atoms with van der Waals surface area (Å²) in [6.07, 6.45) is 0. The van der Waals surface area contributed by atoms with Gasteiger partial charge in [-0.2, -0.15) is 0 Å². The van der Waals surface area contributed by atoms with Gasteiger partial charge in [-0.25, -0.2) is 4.79 Å². The van der Waals surface area contributed by atoms with Crippen LogP contribution in [0.2, 0.25) is 0 Å². The van der Waals surface area contributed by atoms with Gasteiger partial charge in [0.15, 0.2) is 5.43 Å². The van der Waals surface area contributed by atoms with E-state index in [1.807, 2.05) is 18.2 Å². The molecule has 0 fully saturated rings. The number of carbonyl (C=O) groups excluding carboxylic acids is 1. The fourth-order valence-electron chi connectivity index (χ4n) is 2.37. The molecule has 0 radical (unpaired) electrons. The molecule has 3 aromatic rings. The number of H-pyrrole nitrogens is 1. The Hall–Kier alpha value is -1.89. The molecule has 0 amide bonds. The van der Waals surface area contributed by atoms with Crippen molar-refractivity contribution in [2.75, 3.05) is 6.61 Å². The molecule has 0 atom stereocenters. The Morgan fingerprint density at radius 2 is 2.00 bits per heavy atom. The molecule has 0 aliphatic rings. The molecule has 1 N–H and O–H groups in total. The number of para-hydroxylation sites is 1. The van der Waals surface area contributed by atoms with Gasteiger partial charge in [-0.1, -0.05) is 12.1 Å². The highest BCUT2D eigenvalue weighted by atomic mass is 127. The van der Waals surface area contributed by atoms with Crippen LogP contribution in [-0.4, -0.2) is 17.6 Å². The van der Waals surface area contributed by atoms with Crippen LogP contribution in [0, 0.1) is 3.57 Å². The molecule has 0 aliphatic carbocycles. The molecule has 106 valence electrons. The topological polar surface area (TPSA) is 59.2 Å². The minimum absolute atomic E-state index is 0.0742. The second-order valence-electron chi connectivity index (χ2n) is 4.57. The summed E-state index contributed by atoms with van der Waals surface area (Å²) in [6, 6.07) is 10.7. The second kappa shape index (κ2) is 5.48. The molecule has 0 unspecified atom stereocenters. The fourth-order valence-corrected chi connectivity index (χ4v) is 3.06. The number of rotatable bonds is 2. The van der Waals surface area contributed by atoms with E-state index in [0.717, 1.165) is 3.57 Å².